The van der Waals surface area contributed by atoms with Gasteiger partial charge in [-0.2, -0.15) is 0 Å². The van der Waals surface area contributed by atoms with Crippen LogP contribution >= 0.6 is 0 Å². The zero-order chi connectivity index (χ0) is 14.2. The fourth-order valence-electron chi connectivity index (χ4n) is 3.68. The van der Waals surface area contributed by atoms with Crippen LogP contribution < -0.4 is 5.73 Å². The van der Waals surface area contributed by atoms with Crippen molar-refractivity contribution in [3.63, 3.8) is 0 Å². The second-order valence-electron chi connectivity index (χ2n) is 6.20. The van der Waals surface area contributed by atoms with Gasteiger partial charge in [0.1, 0.15) is 12.1 Å². The van der Waals surface area contributed by atoms with Crippen molar-refractivity contribution in [2.45, 2.75) is 57.9 Å². The highest BCUT2D eigenvalue weighted by Crippen LogP contribution is 2.27. The Morgan fingerprint density at radius 1 is 1.00 bits per heavy atom. The lowest BCUT2D eigenvalue weighted by Gasteiger charge is -2.20. The molecule has 0 atom stereocenters. The Morgan fingerprint density at radius 3 is 2.62 bits per heavy atom. The van der Waals surface area contributed by atoms with E-state index in [1.807, 2.05) is 6.33 Å². The first-order valence-electron chi connectivity index (χ1n) is 8.14. The molecule has 21 heavy (non-hydrogen) atoms. The third-order valence-electron chi connectivity index (χ3n) is 4.84. The Morgan fingerprint density at radius 2 is 1.76 bits per heavy atom. The molecular formula is C17H22N4. The van der Waals surface area contributed by atoms with Crippen molar-refractivity contribution >= 4 is 0 Å². The van der Waals surface area contributed by atoms with Gasteiger partial charge in [0, 0.05) is 23.5 Å². The second kappa shape index (κ2) is 5.26. The summed E-state index contributed by atoms with van der Waals surface area (Å²) in [4.78, 5) is 9.58. The van der Waals surface area contributed by atoms with Gasteiger partial charge in [-0.05, 0) is 63.0 Å². The number of aromatic nitrogens is 3. The van der Waals surface area contributed by atoms with Crippen LogP contribution in [0.5, 0.6) is 0 Å². The van der Waals surface area contributed by atoms with Crippen LogP contribution in [0, 0.1) is 0 Å². The van der Waals surface area contributed by atoms with Gasteiger partial charge in [-0.1, -0.05) is 0 Å². The monoisotopic (exact) mass is 282 g/mol. The van der Waals surface area contributed by atoms with Gasteiger partial charge in [0.15, 0.2) is 0 Å². The van der Waals surface area contributed by atoms with E-state index >= 15 is 0 Å². The van der Waals surface area contributed by atoms with Crippen LogP contribution in [0.3, 0.4) is 0 Å². The van der Waals surface area contributed by atoms with Crippen LogP contribution in [-0.2, 0) is 32.2 Å². The van der Waals surface area contributed by atoms with E-state index in [2.05, 4.69) is 15.6 Å². The molecule has 2 heterocycles. The molecule has 4 heteroatoms. The highest BCUT2D eigenvalue weighted by Gasteiger charge is 2.20. The highest BCUT2D eigenvalue weighted by atomic mass is 15.1. The van der Waals surface area contributed by atoms with Gasteiger partial charge < -0.3 is 5.73 Å². The molecule has 0 fully saturated rings. The molecule has 2 aromatic heterocycles. The van der Waals surface area contributed by atoms with Gasteiger partial charge in [0.25, 0.3) is 0 Å². The third-order valence-corrected chi connectivity index (χ3v) is 4.84. The molecule has 0 bridgehead atoms. The van der Waals surface area contributed by atoms with Crippen molar-refractivity contribution in [1.82, 2.24) is 14.5 Å². The first-order valence-corrected chi connectivity index (χ1v) is 8.14. The third kappa shape index (κ3) is 2.18. The van der Waals surface area contributed by atoms with E-state index in [-0.39, 0.29) is 0 Å². The molecule has 110 valence electrons. The number of imidazole rings is 1. The van der Waals surface area contributed by atoms with Crippen LogP contribution in [0.15, 0.2) is 12.4 Å². The topological polar surface area (TPSA) is 56.7 Å². The smallest absolute Gasteiger partial charge is 0.142 e. The van der Waals surface area contributed by atoms with Gasteiger partial charge in [-0.25, -0.2) is 9.97 Å². The summed E-state index contributed by atoms with van der Waals surface area (Å²) < 4.78 is 2.20. The standard InChI is InChI=1S/C17H22N4/c18-10-13-9-12-5-1-2-6-14(12)20-17(13)21-11-19-15-7-3-4-8-16(15)21/h9,11H,1-8,10,18H2. The van der Waals surface area contributed by atoms with Gasteiger partial charge in [0.05, 0.1) is 5.69 Å². The van der Waals surface area contributed by atoms with E-state index in [0.29, 0.717) is 6.54 Å². The van der Waals surface area contributed by atoms with E-state index in [1.54, 1.807) is 0 Å². The molecule has 0 amide bonds. The van der Waals surface area contributed by atoms with Crippen LogP contribution in [0.4, 0.5) is 0 Å². The summed E-state index contributed by atoms with van der Waals surface area (Å²) >= 11 is 0. The molecule has 0 aromatic carbocycles. The summed E-state index contributed by atoms with van der Waals surface area (Å²) in [5.74, 6) is 1.02. The SMILES string of the molecule is NCc1cc2c(nc1-n1cnc3c1CCCC3)CCCC2. The van der Waals surface area contributed by atoms with E-state index < -0.39 is 0 Å². The summed E-state index contributed by atoms with van der Waals surface area (Å²) in [5.41, 5.74) is 12.4. The van der Waals surface area contributed by atoms with Crippen LogP contribution in [0.1, 0.15) is 53.9 Å². The molecular weight excluding hydrogens is 260 g/mol. The predicted octanol–water partition coefficient (Wildman–Crippen LogP) is 2.48. The number of aryl methyl sites for hydroxylation is 3. The van der Waals surface area contributed by atoms with E-state index in [4.69, 9.17) is 10.7 Å². The fourth-order valence-corrected chi connectivity index (χ4v) is 3.68. The maximum atomic E-state index is 5.99. The van der Waals surface area contributed by atoms with Gasteiger partial charge in [-0.3, -0.25) is 4.57 Å². The Labute approximate surface area is 125 Å². The molecule has 0 saturated heterocycles. The lowest BCUT2D eigenvalue weighted by Crippen LogP contribution is -2.15. The highest BCUT2D eigenvalue weighted by molar-refractivity contribution is 5.42. The Hall–Kier alpha value is -1.68. The van der Waals surface area contributed by atoms with Gasteiger partial charge in [0.2, 0.25) is 0 Å². The number of fused-ring (bicyclic) bond motifs is 2. The fraction of sp³-hybridized carbons (Fsp3) is 0.529. The first-order chi connectivity index (χ1) is 10.4. The van der Waals surface area contributed by atoms with Crippen LogP contribution in [0.25, 0.3) is 5.82 Å². The minimum absolute atomic E-state index is 0.544. The number of nitrogens with zero attached hydrogens (tertiary/aromatic N) is 3. The number of pyridine rings is 1. The summed E-state index contributed by atoms with van der Waals surface area (Å²) in [5, 5.41) is 0. The lowest BCUT2D eigenvalue weighted by molar-refractivity contribution is 0.644. The normalized spacial score (nSPS) is 17.4. The van der Waals surface area contributed by atoms with Gasteiger partial charge in [-0.15, -0.1) is 0 Å². The predicted molar refractivity (Wildman–Crippen MR) is 82.5 cm³/mol. The van der Waals surface area contributed by atoms with Crippen molar-refractivity contribution in [2.24, 2.45) is 5.73 Å². The summed E-state index contributed by atoms with van der Waals surface area (Å²) in [7, 11) is 0. The number of hydrogen-bond donors (Lipinski definition) is 1. The Bertz CT molecular complexity index is 672. The average Bonchev–Trinajstić information content (AvgIpc) is 2.97. The number of nitrogens with two attached hydrogens (primary N) is 1. The van der Waals surface area contributed by atoms with Crippen LogP contribution in [-0.4, -0.2) is 14.5 Å². The van der Waals surface area contributed by atoms with E-state index in [9.17, 15) is 0 Å². The zero-order valence-corrected chi connectivity index (χ0v) is 12.4. The first kappa shape index (κ1) is 13.0. The largest absolute Gasteiger partial charge is 0.326 e. The molecule has 0 radical (unpaired) electrons. The Kier molecular flexibility index (Phi) is 3.26. The zero-order valence-electron chi connectivity index (χ0n) is 12.4. The average molecular weight is 282 g/mol. The molecule has 0 aliphatic heterocycles. The Balaban J connectivity index is 1.85. The second-order valence-corrected chi connectivity index (χ2v) is 6.20. The van der Waals surface area contributed by atoms with E-state index in [0.717, 1.165) is 37.1 Å². The molecule has 2 aliphatic rings. The van der Waals surface area contributed by atoms with Crippen molar-refractivity contribution in [1.29, 1.82) is 0 Å². The summed E-state index contributed by atoms with van der Waals surface area (Å²) in [6, 6.07) is 2.28. The van der Waals surface area contributed by atoms with Crippen molar-refractivity contribution in [3.8, 4) is 5.82 Å². The molecule has 0 saturated carbocycles. The quantitative estimate of drug-likeness (QED) is 0.920. The maximum absolute atomic E-state index is 5.99. The molecule has 0 spiro atoms. The van der Waals surface area contributed by atoms with Gasteiger partial charge >= 0.3 is 0 Å². The summed E-state index contributed by atoms with van der Waals surface area (Å²) in [6.07, 6.45) is 11.5. The van der Waals surface area contributed by atoms with Crippen LogP contribution in [0.2, 0.25) is 0 Å². The molecule has 2 aliphatic carbocycles. The minimum Gasteiger partial charge on any atom is -0.326 e. The molecule has 0 unspecified atom stereocenters. The van der Waals surface area contributed by atoms with Crippen molar-refractivity contribution in [3.05, 3.63) is 40.6 Å². The molecule has 4 nitrogen and oxygen atoms in total. The molecule has 2 aromatic rings. The minimum atomic E-state index is 0.544. The maximum Gasteiger partial charge on any atom is 0.142 e. The summed E-state index contributed by atoms with van der Waals surface area (Å²) in [6.45, 7) is 0.544. The number of hydrogen-bond acceptors (Lipinski definition) is 3. The van der Waals surface area contributed by atoms with Crippen molar-refractivity contribution < 1.29 is 0 Å². The number of rotatable bonds is 2. The lowest BCUT2D eigenvalue weighted by atomic mass is 9.94. The molecule has 2 N–H and O–H groups in total. The van der Waals surface area contributed by atoms with E-state index in [1.165, 1.54) is 48.3 Å². The van der Waals surface area contributed by atoms with Crippen molar-refractivity contribution in [2.75, 3.05) is 0 Å². The molecule has 4 rings (SSSR count).